The van der Waals surface area contributed by atoms with Crippen LogP contribution in [0.5, 0.6) is 0 Å². The largest absolute Gasteiger partial charge is 0.455 e. The van der Waals surface area contributed by atoms with Gasteiger partial charge in [-0.1, -0.05) is 0 Å². The standard InChI is InChI=1S/C15H25N3O4S/c1-11-14(23(20,21)18(2)3)9-13(22-11)15(19)17-8-6-12-5-4-7-16-10-12/h9,12,16H,4-8,10H2,1-3H3,(H,17,19). The molecule has 1 atom stereocenters. The SMILES string of the molecule is Cc1oc(C(=O)NCCC2CCCNC2)cc1S(=O)(=O)N(C)C. The molecule has 0 radical (unpaired) electrons. The molecule has 1 amide bonds. The third-order valence-corrected chi connectivity index (χ3v) is 6.01. The van der Waals surface area contributed by atoms with Crippen LogP contribution >= 0.6 is 0 Å². The molecule has 130 valence electrons. The normalized spacial score (nSPS) is 19.0. The van der Waals surface area contributed by atoms with Gasteiger partial charge in [-0.25, -0.2) is 12.7 Å². The van der Waals surface area contributed by atoms with Crippen LogP contribution < -0.4 is 10.6 Å². The summed E-state index contributed by atoms with van der Waals surface area (Å²) in [5.74, 6) is 0.453. The molecule has 23 heavy (non-hydrogen) atoms. The Morgan fingerprint density at radius 3 is 2.83 bits per heavy atom. The van der Waals surface area contributed by atoms with Gasteiger partial charge in [0.05, 0.1) is 0 Å². The molecule has 1 aliphatic rings. The monoisotopic (exact) mass is 343 g/mol. The highest BCUT2D eigenvalue weighted by Crippen LogP contribution is 2.22. The molecule has 2 rings (SSSR count). The van der Waals surface area contributed by atoms with Gasteiger partial charge in [-0.2, -0.15) is 0 Å². The average molecular weight is 343 g/mol. The van der Waals surface area contributed by atoms with E-state index in [-0.39, 0.29) is 22.3 Å². The van der Waals surface area contributed by atoms with Crippen molar-refractivity contribution < 1.29 is 17.6 Å². The number of amides is 1. The Labute approximate surface area is 137 Å². The lowest BCUT2D eigenvalue weighted by molar-refractivity contribution is 0.0921. The number of piperidine rings is 1. The summed E-state index contributed by atoms with van der Waals surface area (Å²) in [5.41, 5.74) is 0. The zero-order valence-corrected chi connectivity index (χ0v) is 14.7. The van der Waals surface area contributed by atoms with Crippen LogP contribution in [-0.2, 0) is 10.0 Å². The van der Waals surface area contributed by atoms with Crippen molar-refractivity contribution >= 4 is 15.9 Å². The predicted molar refractivity (Wildman–Crippen MR) is 86.9 cm³/mol. The van der Waals surface area contributed by atoms with Crippen molar-refractivity contribution in [1.29, 1.82) is 0 Å². The fraction of sp³-hybridized carbons (Fsp3) is 0.667. The Hall–Kier alpha value is -1.38. The summed E-state index contributed by atoms with van der Waals surface area (Å²) in [5, 5.41) is 6.14. The summed E-state index contributed by atoms with van der Waals surface area (Å²) in [6.45, 7) is 4.15. The van der Waals surface area contributed by atoms with Crippen LogP contribution in [0.15, 0.2) is 15.4 Å². The van der Waals surface area contributed by atoms with E-state index in [0.717, 1.165) is 23.8 Å². The maximum absolute atomic E-state index is 12.1. The first kappa shape index (κ1) is 18.0. The first-order valence-electron chi connectivity index (χ1n) is 7.84. The topological polar surface area (TPSA) is 91.6 Å². The van der Waals surface area contributed by atoms with E-state index >= 15 is 0 Å². The van der Waals surface area contributed by atoms with Crippen molar-refractivity contribution in [2.45, 2.75) is 31.1 Å². The van der Waals surface area contributed by atoms with Crippen LogP contribution in [0.3, 0.4) is 0 Å². The minimum Gasteiger partial charge on any atom is -0.455 e. The number of rotatable bonds is 6. The number of sulfonamides is 1. The van der Waals surface area contributed by atoms with Gasteiger partial charge in [-0.05, 0) is 45.2 Å². The highest BCUT2D eigenvalue weighted by atomic mass is 32.2. The van der Waals surface area contributed by atoms with Gasteiger partial charge in [0.2, 0.25) is 10.0 Å². The Kier molecular flexibility index (Phi) is 5.83. The highest BCUT2D eigenvalue weighted by molar-refractivity contribution is 7.89. The Bertz CT molecular complexity index is 646. The molecule has 0 aromatic carbocycles. The number of carbonyl (C=O) groups excluding carboxylic acids is 1. The van der Waals surface area contributed by atoms with E-state index in [1.807, 2.05) is 0 Å². The lowest BCUT2D eigenvalue weighted by Gasteiger charge is -2.22. The molecule has 8 heteroatoms. The van der Waals surface area contributed by atoms with Gasteiger partial charge in [0.25, 0.3) is 5.91 Å². The number of hydrogen-bond acceptors (Lipinski definition) is 5. The molecular weight excluding hydrogens is 318 g/mol. The third kappa shape index (κ3) is 4.33. The van der Waals surface area contributed by atoms with Crippen LogP contribution in [0.2, 0.25) is 0 Å². The van der Waals surface area contributed by atoms with Crippen LogP contribution in [0.25, 0.3) is 0 Å². The highest BCUT2D eigenvalue weighted by Gasteiger charge is 2.25. The Morgan fingerprint density at radius 2 is 2.22 bits per heavy atom. The number of aryl methyl sites for hydroxylation is 1. The molecule has 1 aliphatic heterocycles. The number of carbonyl (C=O) groups is 1. The summed E-state index contributed by atoms with van der Waals surface area (Å²) in [7, 11) is -0.718. The minimum absolute atomic E-state index is 0.0316. The molecule has 0 saturated carbocycles. The molecule has 0 spiro atoms. The quantitative estimate of drug-likeness (QED) is 0.803. The first-order valence-corrected chi connectivity index (χ1v) is 9.28. The van der Waals surface area contributed by atoms with Crippen LogP contribution in [0.4, 0.5) is 0 Å². The zero-order valence-electron chi connectivity index (χ0n) is 13.9. The second-order valence-electron chi connectivity index (χ2n) is 6.08. The van der Waals surface area contributed by atoms with Crippen LogP contribution in [-0.4, -0.2) is 52.4 Å². The fourth-order valence-electron chi connectivity index (χ4n) is 2.68. The van der Waals surface area contributed by atoms with Crippen molar-refractivity contribution in [1.82, 2.24) is 14.9 Å². The summed E-state index contributed by atoms with van der Waals surface area (Å²) in [4.78, 5) is 12.2. The van der Waals surface area contributed by atoms with Crippen LogP contribution in [0.1, 0.15) is 35.6 Å². The lowest BCUT2D eigenvalue weighted by atomic mass is 9.96. The number of furan rings is 1. The third-order valence-electron chi connectivity index (χ3n) is 4.09. The van der Waals surface area contributed by atoms with E-state index in [9.17, 15) is 13.2 Å². The van der Waals surface area contributed by atoms with Crippen molar-refractivity contribution in [3.8, 4) is 0 Å². The van der Waals surface area contributed by atoms with E-state index in [4.69, 9.17) is 4.42 Å². The van der Waals surface area contributed by atoms with Gasteiger partial charge in [0.15, 0.2) is 5.76 Å². The molecule has 1 aromatic rings. The molecule has 7 nitrogen and oxygen atoms in total. The number of nitrogens with zero attached hydrogens (tertiary/aromatic N) is 1. The molecule has 2 N–H and O–H groups in total. The van der Waals surface area contributed by atoms with E-state index in [1.165, 1.54) is 33.0 Å². The van der Waals surface area contributed by atoms with Crippen LogP contribution in [0, 0.1) is 12.8 Å². The minimum atomic E-state index is -3.61. The van der Waals surface area contributed by atoms with Gasteiger partial charge >= 0.3 is 0 Å². The first-order chi connectivity index (χ1) is 10.8. The predicted octanol–water partition coefficient (Wildman–Crippen LogP) is 0.958. The molecule has 0 aliphatic carbocycles. The summed E-state index contributed by atoms with van der Waals surface area (Å²) in [6, 6.07) is 1.29. The van der Waals surface area contributed by atoms with Gasteiger partial charge in [0.1, 0.15) is 10.7 Å². The number of hydrogen-bond donors (Lipinski definition) is 2. The zero-order chi connectivity index (χ0) is 17.0. The molecular formula is C15H25N3O4S. The molecule has 1 fully saturated rings. The van der Waals surface area contributed by atoms with E-state index < -0.39 is 10.0 Å². The smallest absolute Gasteiger partial charge is 0.287 e. The maximum Gasteiger partial charge on any atom is 0.287 e. The summed E-state index contributed by atoms with van der Waals surface area (Å²) in [6.07, 6.45) is 3.25. The van der Waals surface area contributed by atoms with E-state index in [1.54, 1.807) is 6.92 Å². The van der Waals surface area contributed by atoms with Gasteiger partial charge in [-0.15, -0.1) is 0 Å². The maximum atomic E-state index is 12.1. The van der Waals surface area contributed by atoms with E-state index in [0.29, 0.717) is 12.5 Å². The molecule has 0 bridgehead atoms. The molecule has 1 saturated heterocycles. The van der Waals surface area contributed by atoms with Crippen molar-refractivity contribution in [3.63, 3.8) is 0 Å². The van der Waals surface area contributed by atoms with Gasteiger partial charge in [-0.3, -0.25) is 4.79 Å². The fourth-order valence-corrected chi connectivity index (χ4v) is 3.73. The Morgan fingerprint density at radius 1 is 1.48 bits per heavy atom. The average Bonchev–Trinajstić information content (AvgIpc) is 2.91. The molecule has 2 heterocycles. The lowest BCUT2D eigenvalue weighted by Crippen LogP contribution is -2.33. The van der Waals surface area contributed by atoms with E-state index in [2.05, 4.69) is 10.6 Å². The Balaban J connectivity index is 1.95. The summed E-state index contributed by atoms with van der Waals surface area (Å²) < 4.78 is 30.7. The van der Waals surface area contributed by atoms with Gasteiger partial charge < -0.3 is 15.1 Å². The van der Waals surface area contributed by atoms with Crippen molar-refractivity contribution in [3.05, 3.63) is 17.6 Å². The van der Waals surface area contributed by atoms with Gasteiger partial charge in [0, 0.05) is 26.7 Å². The molecule has 1 aromatic heterocycles. The molecule has 1 unspecified atom stereocenters. The second kappa shape index (κ2) is 7.46. The summed E-state index contributed by atoms with van der Waals surface area (Å²) >= 11 is 0. The number of nitrogens with one attached hydrogen (secondary N) is 2. The van der Waals surface area contributed by atoms with Crippen molar-refractivity contribution in [2.75, 3.05) is 33.7 Å². The second-order valence-corrected chi connectivity index (χ2v) is 8.20. The van der Waals surface area contributed by atoms with Crippen molar-refractivity contribution in [2.24, 2.45) is 5.92 Å².